The third kappa shape index (κ3) is 2.71. The van der Waals surface area contributed by atoms with Crippen LogP contribution < -0.4 is 5.32 Å². The maximum atomic E-state index is 5.70. The minimum absolute atomic E-state index is 0.551. The summed E-state index contributed by atoms with van der Waals surface area (Å²) >= 11 is 0. The summed E-state index contributed by atoms with van der Waals surface area (Å²) in [5.41, 5.74) is 0. The number of hydrogen-bond acceptors (Lipinski definition) is 2. The van der Waals surface area contributed by atoms with Crippen molar-refractivity contribution in [2.75, 3.05) is 13.2 Å². The highest BCUT2D eigenvalue weighted by Crippen LogP contribution is 2.27. The van der Waals surface area contributed by atoms with Gasteiger partial charge in [-0.2, -0.15) is 0 Å². The third-order valence-corrected chi connectivity index (χ3v) is 3.71. The maximum Gasteiger partial charge on any atom is 0.0575 e. The zero-order chi connectivity index (χ0) is 9.80. The van der Waals surface area contributed by atoms with Gasteiger partial charge in [0.25, 0.3) is 0 Å². The van der Waals surface area contributed by atoms with Crippen LogP contribution >= 0.6 is 0 Å². The van der Waals surface area contributed by atoms with Gasteiger partial charge in [-0.05, 0) is 51.0 Å². The van der Waals surface area contributed by atoms with Crippen LogP contribution in [-0.4, -0.2) is 25.3 Å². The van der Waals surface area contributed by atoms with Gasteiger partial charge in [-0.25, -0.2) is 0 Å². The van der Waals surface area contributed by atoms with Crippen molar-refractivity contribution in [1.82, 2.24) is 5.32 Å². The molecule has 0 aromatic rings. The first-order valence-corrected chi connectivity index (χ1v) is 6.23. The molecule has 0 spiro atoms. The highest BCUT2D eigenvalue weighted by Gasteiger charge is 2.25. The van der Waals surface area contributed by atoms with Crippen LogP contribution in [0.5, 0.6) is 0 Å². The zero-order valence-electron chi connectivity index (χ0n) is 9.30. The maximum absolute atomic E-state index is 5.70. The fraction of sp³-hybridized carbons (Fsp3) is 1.00. The van der Waals surface area contributed by atoms with Crippen molar-refractivity contribution in [2.24, 2.45) is 5.92 Å². The first-order valence-electron chi connectivity index (χ1n) is 6.23. The summed E-state index contributed by atoms with van der Waals surface area (Å²) in [5, 5.41) is 3.60. The number of nitrogens with one attached hydrogen (secondary N) is 1. The van der Waals surface area contributed by atoms with E-state index in [1.54, 1.807) is 0 Å². The monoisotopic (exact) mass is 197 g/mol. The molecule has 0 saturated carbocycles. The molecule has 2 heteroatoms. The van der Waals surface area contributed by atoms with Gasteiger partial charge in [-0.15, -0.1) is 0 Å². The molecule has 0 aromatic heterocycles. The van der Waals surface area contributed by atoms with E-state index < -0.39 is 0 Å². The molecule has 82 valence electrons. The summed E-state index contributed by atoms with van der Waals surface area (Å²) < 4.78 is 5.70. The molecule has 2 fully saturated rings. The Balaban J connectivity index is 1.73. The summed E-state index contributed by atoms with van der Waals surface area (Å²) in [7, 11) is 0. The fourth-order valence-corrected chi connectivity index (χ4v) is 2.82. The predicted molar refractivity (Wildman–Crippen MR) is 58.4 cm³/mol. The van der Waals surface area contributed by atoms with Crippen LogP contribution in [0.15, 0.2) is 0 Å². The number of rotatable bonds is 3. The Morgan fingerprint density at radius 1 is 1.36 bits per heavy atom. The van der Waals surface area contributed by atoms with Crippen LogP contribution in [0, 0.1) is 5.92 Å². The van der Waals surface area contributed by atoms with Crippen LogP contribution in [-0.2, 0) is 4.74 Å². The Hall–Kier alpha value is -0.0800. The lowest BCUT2D eigenvalue weighted by Crippen LogP contribution is -2.30. The average Bonchev–Trinajstić information content (AvgIpc) is 2.71. The van der Waals surface area contributed by atoms with Crippen LogP contribution in [0.4, 0.5) is 0 Å². The summed E-state index contributed by atoms with van der Waals surface area (Å²) in [6.07, 6.45) is 8.49. The van der Waals surface area contributed by atoms with Gasteiger partial charge in [0.05, 0.1) is 6.10 Å². The quantitative estimate of drug-likeness (QED) is 0.750. The third-order valence-electron chi connectivity index (χ3n) is 3.71. The van der Waals surface area contributed by atoms with E-state index in [0.717, 1.165) is 18.6 Å². The highest BCUT2D eigenvalue weighted by molar-refractivity contribution is 4.80. The SMILES string of the molecule is CCC1CC(CC2CCCN2)CCO1. The van der Waals surface area contributed by atoms with Crippen LogP contribution in [0.25, 0.3) is 0 Å². The largest absolute Gasteiger partial charge is 0.378 e. The fourth-order valence-electron chi connectivity index (χ4n) is 2.82. The minimum Gasteiger partial charge on any atom is -0.378 e. The average molecular weight is 197 g/mol. The summed E-state index contributed by atoms with van der Waals surface area (Å²) in [4.78, 5) is 0. The molecule has 1 N–H and O–H groups in total. The van der Waals surface area contributed by atoms with E-state index in [-0.39, 0.29) is 0 Å². The van der Waals surface area contributed by atoms with Crippen molar-refractivity contribution in [3.63, 3.8) is 0 Å². The first-order chi connectivity index (χ1) is 6.88. The van der Waals surface area contributed by atoms with Crippen molar-refractivity contribution in [1.29, 1.82) is 0 Å². The Morgan fingerprint density at radius 3 is 3.00 bits per heavy atom. The lowest BCUT2D eigenvalue weighted by atomic mass is 9.88. The molecular weight excluding hydrogens is 174 g/mol. The Kier molecular flexibility index (Phi) is 3.82. The molecule has 0 amide bonds. The van der Waals surface area contributed by atoms with Gasteiger partial charge in [0.1, 0.15) is 0 Å². The van der Waals surface area contributed by atoms with Crippen molar-refractivity contribution in [2.45, 2.75) is 57.6 Å². The second kappa shape index (κ2) is 5.13. The molecule has 2 heterocycles. The van der Waals surface area contributed by atoms with Crippen molar-refractivity contribution < 1.29 is 4.74 Å². The second-order valence-electron chi connectivity index (χ2n) is 4.82. The number of hydrogen-bond donors (Lipinski definition) is 1. The van der Waals surface area contributed by atoms with Gasteiger partial charge in [0, 0.05) is 12.6 Å². The van der Waals surface area contributed by atoms with E-state index in [1.807, 2.05) is 0 Å². The topological polar surface area (TPSA) is 21.3 Å². The molecule has 2 aliphatic heterocycles. The van der Waals surface area contributed by atoms with Crippen LogP contribution in [0.3, 0.4) is 0 Å². The molecule has 3 atom stereocenters. The lowest BCUT2D eigenvalue weighted by molar-refractivity contribution is -0.0136. The molecule has 0 radical (unpaired) electrons. The van der Waals surface area contributed by atoms with Crippen molar-refractivity contribution >= 4 is 0 Å². The molecular formula is C12H23NO. The molecule has 0 aliphatic carbocycles. The van der Waals surface area contributed by atoms with E-state index >= 15 is 0 Å². The number of ether oxygens (including phenoxy) is 1. The Bertz CT molecular complexity index is 166. The van der Waals surface area contributed by atoms with E-state index in [1.165, 1.54) is 45.1 Å². The smallest absolute Gasteiger partial charge is 0.0575 e. The lowest BCUT2D eigenvalue weighted by Gasteiger charge is -2.30. The predicted octanol–water partition coefficient (Wildman–Crippen LogP) is 2.33. The first kappa shape index (κ1) is 10.4. The van der Waals surface area contributed by atoms with Crippen LogP contribution in [0.1, 0.15) is 45.4 Å². The van der Waals surface area contributed by atoms with Gasteiger partial charge in [-0.3, -0.25) is 0 Å². The van der Waals surface area contributed by atoms with Gasteiger partial charge >= 0.3 is 0 Å². The Morgan fingerprint density at radius 2 is 2.29 bits per heavy atom. The molecule has 14 heavy (non-hydrogen) atoms. The molecule has 0 aromatic carbocycles. The van der Waals surface area contributed by atoms with Gasteiger partial charge < -0.3 is 10.1 Å². The molecule has 2 rings (SSSR count). The van der Waals surface area contributed by atoms with Crippen LogP contribution in [0.2, 0.25) is 0 Å². The van der Waals surface area contributed by atoms with E-state index in [2.05, 4.69) is 12.2 Å². The standard InChI is InChI=1S/C12H23NO/c1-2-12-9-10(5-7-14-12)8-11-4-3-6-13-11/h10-13H,2-9H2,1H3. The van der Waals surface area contributed by atoms with Gasteiger partial charge in [0.15, 0.2) is 0 Å². The van der Waals surface area contributed by atoms with E-state index in [9.17, 15) is 0 Å². The minimum atomic E-state index is 0.551. The van der Waals surface area contributed by atoms with Crippen molar-refractivity contribution in [3.05, 3.63) is 0 Å². The molecule has 2 nitrogen and oxygen atoms in total. The zero-order valence-corrected chi connectivity index (χ0v) is 9.30. The highest BCUT2D eigenvalue weighted by atomic mass is 16.5. The van der Waals surface area contributed by atoms with E-state index in [4.69, 9.17) is 4.74 Å². The molecule has 2 aliphatic rings. The Labute approximate surface area is 87.4 Å². The normalized spacial score (nSPS) is 38.8. The summed E-state index contributed by atoms with van der Waals surface area (Å²) in [6, 6.07) is 0.815. The summed E-state index contributed by atoms with van der Waals surface area (Å²) in [6.45, 7) is 4.47. The van der Waals surface area contributed by atoms with Gasteiger partial charge in [0.2, 0.25) is 0 Å². The van der Waals surface area contributed by atoms with Gasteiger partial charge in [-0.1, -0.05) is 6.92 Å². The van der Waals surface area contributed by atoms with E-state index in [0.29, 0.717) is 6.10 Å². The second-order valence-corrected chi connectivity index (χ2v) is 4.82. The van der Waals surface area contributed by atoms with Crippen molar-refractivity contribution in [3.8, 4) is 0 Å². The molecule has 3 unspecified atom stereocenters. The molecule has 2 saturated heterocycles. The summed E-state index contributed by atoms with van der Waals surface area (Å²) in [5.74, 6) is 0.921. The molecule has 0 bridgehead atoms.